The molecule has 2 N–H and O–H groups in total. The van der Waals surface area contributed by atoms with Crippen LogP contribution in [0.3, 0.4) is 0 Å². The SMILES string of the molecule is Cn1nc(Br)c2c(N3CCC(C(O)c4ncc[nH]4)CC3)ncnc21. The topological polar surface area (TPSA) is 95.8 Å². The van der Waals surface area contributed by atoms with Crippen LogP contribution in [-0.2, 0) is 7.05 Å². The first-order valence-corrected chi connectivity index (χ1v) is 8.70. The van der Waals surface area contributed by atoms with Gasteiger partial charge in [0.15, 0.2) is 5.65 Å². The molecule has 0 radical (unpaired) electrons. The summed E-state index contributed by atoms with van der Waals surface area (Å²) in [7, 11) is 1.87. The Hall–Kier alpha value is -2.00. The number of halogens is 1. The van der Waals surface area contributed by atoms with Crippen LogP contribution in [0.25, 0.3) is 11.0 Å². The van der Waals surface area contributed by atoms with Crippen molar-refractivity contribution in [3.8, 4) is 0 Å². The van der Waals surface area contributed by atoms with Crippen LogP contribution in [-0.4, -0.2) is 47.9 Å². The Morgan fingerprint density at radius 2 is 2.08 bits per heavy atom. The number of hydrogen-bond donors (Lipinski definition) is 2. The van der Waals surface area contributed by atoms with Crippen LogP contribution in [0.5, 0.6) is 0 Å². The van der Waals surface area contributed by atoms with Gasteiger partial charge in [0.05, 0.1) is 5.39 Å². The molecular weight excluding hydrogens is 374 g/mol. The van der Waals surface area contributed by atoms with Crippen LogP contribution in [0.1, 0.15) is 24.8 Å². The highest BCUT2D eigenvalue weighted by molar-refractivity contribution is 9.10. The first-order chi connectivity index (χ1) is 11.6. The van der Waals surface area contributed by atoms with Crippen LogP contribution in [0.4, 0.5) is 5.82 Å². The highest BCUT2D eigenvalue weighted by Gasteiger charge is 2.29. The normalized spacial score (nSPS) is 17.5. The second-order valence-electron chi connectivity index (χ2n) is 6.05. The van der Waals surface area contributed by atoms with E-state index in [9.17, 15) is 5.11 Å². The van der Waals surface area contributed by atoms with E-state index in [0.29, 0.717) is 5.82 Å². The van der Waals surface area contributed by atoms with Gasteiger partial charge in [-0.25, -0.2) is 19.6 Å². The van der Waals surface area contributed by atoms with E-state index < -0.39 is 6.10 Å². The van der Waals surface area contributed by atoms with Gasteiger partial charge in [0.25, 0.3) is 0 Å². The Morgan fingerprint density at radius 3 is 2.79 bits per heavy atom. The molecule has 3 aromatic rings. The van der Waals surface area contributed by atoms with Gasteiger partial charge in [-0.2, -0.15) is 5.10 Å². The van der Waals surface area contributed by atoms with Crippen LogP contribution in [0.15, 0.2) is 23.3 Å². The number of aliphatic hydroxyl groups is 1. The number of nitrogens with zero attached hydrogens (tertiary/aromatic N) is 6. The number of anilines is 1. The minimum atomic E-state index is -0.544. The molecule has 0 aliphatic carbocycles. The first kappa shape index (κ1) is 15.5. The number of H-pyrrole nitrogens is 1. The summed E-state index contributed by atoms with van der Waals surface area (Å²) >= 11 is 3.51. The maximum atomic E-state index is 10.5. The fourth-order valence-corrected chi connectivity index (χ4v) is 3.95. The molecule has 0 saturated carbocycles. The maximum Gasteiger partial charge on any atom is 0.164 e. The fourth-order valence-electron chi connectivity index (χ4n) is 3.36. The van der Waals surface area contributed by atoms with Gasteiger partial charge in [-0.15, -0.1) is 0 Å². The molecule has 0 amide bonds. The predicted molar refractivity (Wildman–Crippen MR) is 92.5 cm³/mol. The van der Waals surface area contributed by atoms with Crippen LogP contribution in [0, 0.1) is 5.92 Å². The molecule has 4 rings (SSSR count). The molecule has 1 aliphatic rings. The van der Waals surface area contributed by atoms with E-state index >= 15 is 0 Å². The van der Waals surface area contributed by atoms with Crippen molar-refractivity contribution in [3.05, 3.63) is 29.1 Å². The average Bonchev–Trinajstić information content (AvgIpc) is 3.23. The van der Waals surface area contributed by atoms with E-state index in [2.05, 4.69) is 45.9 Å². The third kappa shape index (κ3) is 2.57. The minimum Gasteiger partial charge on any atom is -0.385 e. The zero-order valence-corrected chi connectivity index (χ0v) is 14.8. The lowest BCUT2D eigenvalue weighted by Gasteiger charge is -2.34. The van der Waals surface area contributed by atoms with Gasteiger partial charge in [0.1, 0.15) is 28.7 Å². The van der Waals surface area contributed by atoms with Crippen LogP contribution in [0.2, 0.25) is 0 Å². The largest absolute Gasteiger partial charge is 0.385 e. The van der Waals surface area contributed by atoms with Gasteiger partial charge < -0.3 is 15.0 Å². The van der Waals surface area contributed by atoms with Crippen molar-refractivity contribution in [2.45, 2.75) is 18.9 Å². The lowest BCUT2D eigenvalue weighted by molar-refractivity contribution is 0.0856. The molecule has 1 aliphatic heterocycles. The molecular formula is C15H18BrN7O. The van der Waals surface area contributed by atoms with Gasteiger partial charge in [0, 0.05) is 32.5 Å². The summed E-state index contributed by atoms with van der Waals surface area (Å²) in [5.41, 5.74) is 0.810. The zero-order valence-electron chi connectivity index (χ0n) is 13.2. The summed E-state index contributed by atoms with van der Waals surface area (Å²) in [4.78, 5) is 18.2. The molecule has 1 unspecified atom stereocenters. The van der Waals surface area contributed by atoms with Gasteiger partial charge in [-0.05, 0) is 34.7 Å². The van der Waals surface area contributed by atoms with E-state index in [1.165, 1.54) is 0 Å². The molecule has 0 bridgehead atoms. The summed E-state index contributed by atoms with van der Waals surface area (Å²) in [5.74, 6) is 1.74. The van der Waals surface area contributed by atoms with E-state index in [-0.39, 0.29) is 5.92 Å². The molecule has 126 valence electrons. The Bertz CT molecular complexity index is 839. The van der Waals surface area contributed by atoms with Crippen LogP contribution >= 0.6 is 15.9 Å². The van der Waals surface area contributed by atoms with Crippen LogP contribution < -0.4 is 4.90 Å². The first-order valence-electron chi connectivity index (χ1n) is 7.90. The van der Waals surface area contributed by atoms with Crippen molar-refractivity contribution in [2.75, 3.05) is 18.0 Å². The Morgan fingerprint density at radius 1 is 1.29 bits per heavy atom. The number of aliphatic hydroxyl groups excluding tert-OH is 1. The smallest absolute Gasteiger partial charge is 0.164 e. The number of aromatic amines is 1. The van der Waals surface area contributed by atoms with Crippen molar-refractivity contribution < 1.29 is 5.11 Å². The Balaban J connectivity index is 1.54. The molecule has 1 fully saturated rings. The van der Waals surface area contributed by atoms with Crippen molar-refractivity contribution in [1.29, 1.82) is 0 Å². The van der Waals surface area contributed by atoms with Gasteiger partial charge in [-0.1, -0.05) is 0 Å². The number of piperidine rings is 1. The predicted octanol–water partition coefficient (Wildman–Crippen LogP) is 1.80. The van der Waals surface area contributed by atoms with Gasteiger partial charge >= 0.3 is 0 Å². The number of nitrogens with one attached hydrogen (secondary N) is 1. The quantitative estimate of drug-likeness (QED) is 0.706. The Kier molecular flexibility index (Phi) is 3.97. The molecule has 9 heteroatoms. The van der Waals surface area contributed by atoms with Gasteiger partial charge in [-0.3, -0.25) is 0 Å². The summed E-state index contributed by atoms with van der Waals surface area (Å²) in [5, 5.41) is 15.8. The molecule has 1 saturated heterocycles. The standard InChI is InChI=1S/C15H18BrN7O/c1-22-14-10(12(16)21-22)15(20-8-19-14)23-6-2-9(3-7-23)11(24)13-17-4-5-18-13/h4-5,8-9,11,24H,2-3,6-7H2,1H3,(H,17,18). The second-order valence-corrected chi connectivity index (χ2v) is 6.81. The minimum absolute atomic E-state index is 0.196. The van der Waals surface area contributed by atoms with Crippen molar-refractivity contribution in [1.82, 2.24) is 29.7 Å². The monoisotopic (exact) mass is 391 g/mol. The highest BCUT2D eigenvalue weighted by Crippen LogP contribution is 2.34. The molecule has 0 spiro atoms. The fraction of sp³-hybridized carbons (Fsp3) is 0.467. The summed E-state index contributed by atoms with van der Waals surface area (Å²) in [6, 6.07) is 0. The zero-order chi connectivity index (χ0) is 16.7. The Labute approximate surface area is 147 Å². The number of hydrogen-bond acceptors (Lipinski definition) is 6. The van der Waals surface area contributed by atoms with Crippen molar-refractivity contribution >= 4 is 32.8 Å². The number of rotatable bonds is 3. The highest BCUT2D eigenvalue weighted by atomic mass is 79.9. The summed E-state index contributed by atoms with van der Waals surface area (Å²) in [6.07, 6.45) is 6.21. The number of fused-ring (bicyclic) bond motifs is 1. The maximum absolute atomic E-state index is 10.5. The lowest BCUT2D eigenvalue weighted by Crippen LogP contribution is -2.36. The number of imidazole rings is 1. The van der Waals surface area contributed by atoms with Gasteiger partial charge in [0.2, 0.25) is 0 Å². The van der Waals surface area contributed by atoms with E-state index in [4.69, 9.17) is 0 Å². The molecule has 1 atom stereocenters. The molecule has 3 aromatic heterocycles. The van der Waals surface area contributed by atoms with E-state index in [0.717, 1.165) is 47.4 Å². The summed E-state index contributed by atoms with van der Waals surface area (Å²) < 4.78 is 2.51. The van der Waals surface area contributed by atoms with Crippen molar-refractivity contribution in [3.63, 3.8) is 0 Å². The van der Waals surface area contributed by atoms with E-state index in [1.807, 2.05) is 7.05 Å². The lowest BCUT2D eigenvalue weighted by atomic mass is 9.91. The average molecular weight is 392 g/mol. The number of aromatic nitrogens is 6. The molecule has 0 aromatic carbocycles. The third-order valence-corrected chi connectivity index (χ3v) is 5.20. The molecule has 24 heavy (non-hydrogen) atoms. The molecule has 4 heterocycles. The molecule has 8 nitrogen and oxygen atoms in total. The second kappa shape index (κ2) is 6.14. The van der Waals surface area contributed by atoms with Crippen molar-refractivity contribution in [2.24, 2.45) is 13.0 Å². The number of aryl methyl sites for hydroxylation is 1. The van der Waals surface area contributed by atoms with E-state index in [1.54, 1.807) is 23.4 Å². The summed E-state index contributed by atoms with van der Waals surface area (Å²) in [6.45, 7) is 1.66. The third-order valence-electron chi connectivity index (χ3n) is 4.64.